The molecular formula is C22H27NO2. The van der Waals surface area contributed by atoms with E-state index in [0.717, 1.165) is 18.4 Å². The quantitative estimate of drug-likeness (QED) is 0.907. The summed E-state index contributed by atoms with van der Waals surface area (Å²) < 4.78 is 5.54. The zero-order valence-electron chi connectivity index (χ0n) is 15.3. The number of benzene rings is 2. The molecule has 0 spiro atoms. The zero-order valence-corrected chi connectivity index (χ0v) is 15.3. The zero-order chi connectivity index (χ0) is 17.9. The van der Waals surface area contributed by atoms with Crippen LogP contribution in [0, 0.1) is 13.8 Å². The van der Waals surface area contributed by atoms with Crippen molar-refractivity contribution in [3.05, 3.63) is 70.8 Å². The summed E-state index contributed by atoms with van der Waals surface area (Å²) in [6.07, 6.45) is 1.45. The average Bonchev–Trinajstić information content (AvgIpc) is 2.62. The highest BCUT2D eigenvalue weighted by molar-refractivity contribution is 5.88. The van der Waals surface area contributed by atoms with Crippen molar-refractivity contribution >= 4 is 5.91 Å². The second-order valence-corrected chi connectivity index (χ2v) is 7.12. The van der Waals surface area contributed by atoms with E-state index in [1.165, 1.54) is 16.7 Å². The molecule has 0 unspecified atom stereocenters. The molecule has 1 saturated heterocycles. The van der Waals surface area contributed by atoms with Gasteiger partial charge < -0.3 is 10.1 Å². The molecule has 0 saturated carbocycles. The molecule has 2 aromatic carbocycles. The Bertz CT molecular complexity index is 733. The lowest BCUT2D eigenvalue weighted by atomic mass is 9.73. The van der Waals surface area contributed by atoms with Crippen molar-refractivity contribution in [2.45, 2.75) is 45.1 Å². The predicted molar refractivity (Wildman–Crippen MR) is 101 cm³/mol. The van der Waals surface area contributed by atoms with Gasteiger partial charge in [0.2, 0.25) is 5.91 Å². The predicted octanol–water partition coefficient (Wildman–Crippen LogP) is 4.23. The van der Waals surface area contributed by atoms with E-state index in [1.54, 1.807) is 0 Å². The van der Waals surface area contributed by atoms with Gasteiger partial charge in [-0.1, -0.05) is 54.1 Å². The lowest BCUT2D eigenvalue weighted by Crippen LogP contribution is -2.48. The van der Waals surface area contributed by atoms with E-state index in [4.69, 9.17) is 4.74 Å². The Morgan fingerprint density at radius 3 is 2.40 bits per heavy atom. The van der Waals surface area contributed by atoms with E-state index >= 15 is 0 Å². The van der Waals surface area contributed by atoms with E-state index in [2.05, 4.69) is 56.4 Å². The van der Waals surface area contributed by atoms with Gasteiger partial charge in [-0.3, -0.25) is 4.79 Å². The summed E-state index contributed by atoms with van der Waals surface area (Å²) >= 11 is 0. The van der Waals surface area contributed by atoms with Gasteiger partial charge in [-0.05, 0) is 50.3 Å². The van der Waals surface area contributed by atoms with Crippen LogP contribution in [0.5, 0.6) is 0 Å². The fourth-order valence-electron chi connectivity index (χ4n) is 3.85. The van der Waals surface area contributed by atoms with Crippen molar-refractivity contribution in [3.8, 4) is 0 Å². The van der Waals surface area contributed by atoms with Crippen LogP contribution in [-0.4, -0.2) is 19.1 Å². The summed E-state index contributed by atoms with van der Waals surface area (Å²) in [7, 11) is 0. The first kappa shape index (κ1) is 17.7. The Kier molecular flexibility index (Phi) is 5.24. The third-order valence-corrected chi connectivity index (χ3v) is 5.35. The molecule has 3 rings (SSSR count). The number of hydrogen-bond acceptors (Lipinski definition) is 2. The fraction of sp³-hybridized carbons (Fsp3) is 0.409. The molecule has 1 fully saturated rings. The van der Waals surface area contributed by atoms with Crippen LogP contribution in [0.2, 0.25) is 0 Å². The highest BCUT2D eigenvalue weighted by atomic mass is 16.5. The molecule has 1 aliphatic rings. The Hall–Kier alpha value is -2.13. The van der Waals surface area contributed by atoms with Crippen LogP contribution < -0.4 is 5.32 Å². The Morgan fingerprint density at radius 1 is 1.08 bits per heavy atom. The number of carbonyl (C=O) groups is 1. The molecule has 0 radical (unpaired) electrons. The largest absolute Gasteiger partial charge is 0.381 e. The van der Waals surface area contributed by atoms with Gasteiger partial charge in [-0.25, -0.2) is 0 Å². The second kappa shape index (κ2) is 7.40. The lowest BCUT2D eigenvalue weighted by Gasteiger charge is -2.37. The summed E-state index contributed by atoms with van der Waals surface area (Å²) in [5.74, 6) is 0.106. The molecule has 2 aromatic rings. The SMILES string of the molecule is Cc1ccc([C@@H](C)NC(=O)C2(c3ccccc3)CCOCC2)c(C)c1. The number of amides is 1. The van der Waals surface area contributed by atoms with Crippen molar-refractivity contribution in [2.24, 2.45) is 0 Å². The Morgan fingerprint density at radius 2 is 1.76 bits per heavy atom. The van der Waals surface area contributed by atoms with Gasteiger partial charge >= 0.3 is 0 Å². The molecule has 0 bridgehead atoms. The third kappa shape index (κ3) is 3.62. The van der Waals surface area contributed by atoms with E-state index in [-0.39, 0.29) is 11.9 Å². The number of aryl methyl sites for hydroxylation is 2. The Labute approximate surface area is 150 Å². The van der Waals surface area contributed by atoms with Gasteiger partial charge in [0.25, 0.3) is 0 Å². The fourth-order valence-corrected chi connectivity index (χ4v) is 3.85. The number of rotatable bonds is 4. The van der Waals surface area contributed by atoms with Gasteiger partial charge in [0.05, 0.1) is 11.5 Å². The minimum absolute atomic E-state index is 0.0171. The van der Waals surface area contributed by atoms with E-state index in [0.29, 0.717) is 13.2 Å². The normalized spacial score (nSPS) is 17.7. The molecule has 0 aliphatic carbocycles. The topological polar surface area (TPSA) is 38.3 Å². The second-order valence-electron chi connectivity index (χ2n) is 7.12. The van der Waals surface area contributed by atoms with E-state index < -0.39 is 5.41 Å². The summed E-state index contributed by atoms with van der Waals surface area (Å²) in [5.41, 5.74) is 4.23. The summed E-state index contributed by atoms with van der Waals surface area (Å²) in [5, 5.41) is 3.27. The number of nitrogens with one attached hydrogen (secondary N) is 1. The van der Waals surface area contributed by atoms with Gasteiger partial charge in [0.1, 0.15) is 0 Å². The molecule has 132 valence electrons. The number of ether oxygens (including phenoxy) is 1. The smallest absolute Gasteiger partial charge is 0.231 e. The van der Waals surface area contributed by atoms with Crippen molar-refractivity contribution in [1.82, 2.24) is 5.32 Å². The van der Waals surface area contributed by atoms with Gasteiger partial charge in [-0.2, -0.15) is 0 Å². The lowest BCUT2D eigenvalue weighted by molar-refractivity contribution is -0.131. The molecule has 0 aromatic heterocycles. The van der Waals surface area contributed by atoms with Crippen LogP contribution in [0.25, 0.3) is 0 Å². The van der Waals surface area contributed by atoms with Crippen LogP contribution >= 0.6 is 0 Å². The van der Waals surface area contributed by atoms with Crippen LogP contribution in [0.1, 0.15) is 48.1 Å². The molecular weight excluding hydrogens is 310 g/mol. The van der Waals surface area contributed by atoms with Crippen LogP contribution in [-0.2, 0) is 14.9 Å². The van der Waals surface area contributed by atoms with E-state index in [1.807, 2.05) is 18.2 Å². The molecule has 1 N–H and O–H groups in total. The monoisotopic (exact) mass is 337 g/mol. The van der Waals surface area contributed by atoms with Crippen molar-refractivity contribution in [1.29, 1.82) is 0 Å². The summed E-state index contributed by atoms with van der Waals surface area (Å²) in [6, 6.07) is 16.5. The van der Waals surface area contributed by atoms with Gasteiger partial charge in [-0.15, -0.1) is 0 Å². The van der Waals surface area contributed by atoms with Crippen molar-refractivity contribution in [2.75, 3.05) is 13.2 Å². The number of hydrogen-bond donors (Lipinski definition) is 1. The van der Waals surface area contributed by atoms with Crippen LogP contribution in [0.15, 0.2) is 48.5 Å². The summed E-state index contributed by atoms with van der Waals surface area (Å²) in [6.45, 7) is 7.51. The molecule has 1 amide bonds. The average molecular weight is 337 g/mol. The molecule has 1 heterocycles. The molecule has 25 heavy (non-hydrogen) atoms. The summed E-state index contributed by atoms with van der Waals surface area (Å²) in [4.78, 5) is 13.3. The van der Waals surface area contributed by atoms with Gasteiger partial charge in [0.15, 0.2) is 0 Å². The first-order chi connectivity index (χ1) is 12.0. The van der Waals surface area contributed by atoms with Crippen molar-refractivity contribution in [3.63, 3.8) is 0 Å². The van der Waals surface area contributed by atoms with E-state index in [9.17, 15) is 4.79 Å². The first-order valence-electron chi connectivity index (χ1n) is 9.04. The van der Waals surface area contributed by atoms with Crippen LogP contribution in [0.3, 0.4) is 0 Å². The highest BCUT2D eigenvalue weighted by Gasteiger charge is 2.42. The van der Waals surface area contributed by atoms with Crippen molar-refractivity contribution < 1.29 is 9.53 Å². The molecule has 3 heteroatoms. The minimum atomic E-state index is -0.494. The highest BCUT2D eigenvalue weighted by Crippen LogP contribution is 2.36. The molecule has 1 atom stereocenters. The maximum absolute atomic E-state index is 13.3. The Balaban J connectivity index is 1.86. The first-order valence-corrected chi connectivity index (χ1v) is 9.04. The maximum atomic E-state index is 13.3. The minimum Gasteiger partial charge on any atom is -0.381 e. The standard InChI is InChI=1S/C22H27NO2/c1-16-9-10-20(17(2)15-16)18(3)23-21(24)22(11-13-25-14-12-22)19-7-5-4-6-8-19/h4-10,15,18H,11-14H2,1-3H3,(H,23,24)/t18-/m1/s1. The maximum Gasteiger partial charge on any atom is 0.231 e. The third-order valence-electron chi connectivity index (χ3n) is 5.35. The van der Waals surface area contributed by atoms with Crippen LogP contribution in [0.4, 0.5) is 0 Å². The van der Waals surface area contributed by atoms with Gasteiger partial charge in [0, 0.05) is 13.2 Å². The molecule has 3 nitrogen and oxygen atoms in total. The molecule has 1 aliphatic heterocycles. The number of carbonyl (C=O) groups excluding carboxylic acids is 1.